The Balaban J connectivity index is 0.000000291. The van der Waals surface area contributed by atoms with Crippen molar-refractivity contribution >= 4 is 34.3 Å². The van der Waals surface area contributed by atoms with Crippen LogP contribution in [0, 0.1) is 0 Å². The lowest BCUT2D eigenvalue weighted by Crippen LogP contribution is -2.32. The van der Waals surface area contributed by atoms with E-state index < -0.39 is 18.0 Å². The van der Waals surface area contributed by atoms with E-state index in [4.69, 9.17) is 21.7 Å². The Kier molecular flexibility index (Phi) is 8.41. The van der Waals surface area contributed by atoms with E-state index in [2.05, 4.69) is 4.98 Å². The Labute approximate surface area is 170 Å². The van der Waals surface area contributed by atoms with E-state index in [9.17, 15) is 19.5 Å². The van der Waals surface area contributed by atoms with Gasteiger partial charge >= 0.3 is 11.9 Å². The van der Waals surface area contributed by atoms with Gasteiger partial charge in [0.15, 0.2) is 11.5 Å². The van der Waals surface area contributed by atoms with Crippen molar-refractivity contribution in [2.75, 3.05) is 5.73 Å². The average molecular weight is 415 g/mol. The zero-order valence-corrected chi connectivity index (χ0v) is 15.6. The fourth-order valence-corrected chi connectivity index (χ4v) is 2.41. The number of aromatic hydroxyl groups is 1. The van der Waals surface area contributed by atoms with Crippen LogP contribution < -0.4 is 11.5 Å². The second-order valence-electron chi connectivity index (χ2n) is 6.01. The smallest absolute Gasteiger partial charge is 0.354 e. The fraction of sp³-hybridized carbons (Fsp3) is 0.100. The van der Waals surface area contributed by atoms with Crippen LogP contribution in [-0.2, 0) is 4.79 Å². The largest absolute Gasteiger partial charge is 0.507 e. The summed E-state index contributed by atoms with van der Waals surface area (Å²) in [7, 11) is 0. The molecule has 9 N–H and O–H groups in total. The summed E-state index contributed by atoms with van der Waals surface area (Å²) < 4.78 is 0. The molecule has 0 aliphatic heterocycles. The summed E-state index contributed by atoms with van der Waals surface area (Å²) in [4.78, 5) is 36.5. The van der Waals surface area contributed by atoms with Crippen molar-refractivity contribution < 1.29 is 35.2 Å². The average Bonchev–Trinajstić information content (AvgIpc) is 2.68. The minimum Gasteiger partial charge on any atom is -0.507 e. The lowest BCUT2D eigenvalue weighted by molar-refractivity contribution is -0.138. The van der Waals surface area contributed by atoms with E-state index in [1.807, 2.05) is 0 Å². The Hall–Kier alpha value is -4.02. The molecule has 1 heterocycles. The van der Waals surface area contributed by atoms with Crippen molar-refractivity contribution in [3.8, 4) is 5.75 Å². The highest BCUT2D eigenvalue weighted by atomic mass is 16.4. The van der Waals surface area contributed by atoms with Crippen LogP contribution in [-0.4, -0.2) is 49.5 Å². The molecule has 0 spiro atoms. The lowest BCUT2D eigenvalue weighted by atomic mass is 10.0. The monoisotopic (exact) mass is 415 g/mol. The van der Waals surface area contributed by atoms with Crippen molar-refractivity contribution in [2.24, 2.45) is 5.73 Å². The maximum Gasteiger partial charge on any atom is 0.354 e. The Morgan fingerprint density at radius 3 is 2.20 bits per heavy atom. The van der Waals surface area contributed by atoms with Crippen LogP contribution in [0.1, 0.15) is 27.3 Å². The number of carboxylic acids is 2. The number of anilines is 1. The molecule has 0 aliphatic rings. The molecule has 1 atom stereocenters. The molecule has 0 saturated heterocycles. The van der Waals surface area contributed by atoms with Gasteiger partial charge < -0.3 is 32.3 Å². The third-order valence-electron chi connectivity index (χ3n) is 3.90. The van der Waals surface area contributed by atoms with E-state index in [1.165, 1.54) is 0 Å². The molecular weight excluding hydrogens is 394 g/mol. The number of carboxylic acid groups (broad SMARTS) is 2. The number of fused-ring (bicyclic) bond motifs is 1. The molecule has 0 unspecified atom stereocenters. The quantitative estimate of drug-likeness (QED) is 0.297. The molecule has 3 aromatic rings. The molecule has 0 saturated carbocycles. The maximum atomic E-state index is 11.6. The van der Waals surface area contributed by atoms with Gasteiger partial charge in [-0.25, -0.2) is 9.78 Å². The number of aromatic carboxylic acids is 1. The zero-order valence-electron chi connectivity index (χ0n) is 15.6. The van der Waals surface area contributed by atoms with Crippen LogP contribution in [0.15, 0.2) is 54.6 Å². The van der Waals surface area contributed by atoms with Crippen LogP contribution in [0.4, 0.5) is 5.69 Å². The Morgan fingerprint density at radius 2 is 1.60 bits per heavy atom. The summed E-state index contributed by atoms with van der Waals surface area (Å²) in [5.74, 6) is -2.76. The molecule has 0 aliphatic carbocycles. The number of Topliss-reactive ketones (excluding diaryl/α,β-unsaturated/α-hetero) is 1. The first kappa shape index (κ1) is 24.0. The minimum atomic E-state index is -1.20. The number of rotatable bonds is 5. The predicted molar refractivity (Wildman–Crippen MR) is 109 cm³/mol. The molecule has 0 amide bonds. The number of pyridine rings is 1. The number of nitrogens with two attached hydrogens (primary N) is 2. The number of ketones is 1. The van der Waals surface area contributed by atoms with Crippen LogP contribution in [0.25, 0.3) is 10.9 Å². The van der Waals surface area contributed by atoms with Crippen LogP contribution in [0.3, 0.4) is 0 Å². The van der Waals surface area contributed by atoms with Crippen molar-refractivity contribution in [2.45, 2.75) is 12.5 Å². The Morgan fingerprint density at radius 1 is 1.00 bits per heavy atom. The summed E-state index contributed by atoms with van der Waals surface area (Å²) in [5, 5.41) is 27.3. The predicted octanol–water partition coefficient (Wildman–Crippen LogP) is 1.07. The number of hydrogen-bond acceptors (Lipinski definition) is 7. The van der Waals surface area contributed by atoms with Crippen molar-refractivity contribution in [3.05, 3.63) is 65.9 Å². The molecule has 0 radical (unpaired) electrons. The fourth-order valence-electron chi connectivity index (χ4n) is 2.41. The molecule has 158 valence electrons. The van der Waals surface area contributed by atoms with Crippen molar-refractivity contribution in [3.63, 3.8) is 0 Å². The highest BCUT2D eigenvalue weighted by Crippen LogP contribution is 2.23. The highest BCUT2D eigenvalue weighted by molar-refractivity contribution is 6.02. The molecule has 0 bridgehead atoms. The van der Waals surface area contributed by atoms with Gasteiger partial charge in [0.25, 0.3) is 0 Å². The van der Waals surface area contributed by atoms with Gasteiger partial charge in [-0.1, -0.05) is 24.3 Å². The maximum absolute atomic E-state index is 11.6. The summed E-state index contributed by atoms with van der Waals surface area (Å²) >= 11 is 0. The van der Waals surface area contributed by atoms with Crippen molar-refractivity contribution in [1.82, 2.24) is 4.98 Å². The van der Waals surface area contributed by atoms with Gasteiger partial charge in [0.1, 0.15) is 11.8 Å². The van der Waals surface area contributed by atoms with Gasteiger partial charge in [-0.3, -0.25) is 9.59 Å². The number of nitrogen functional groups attached to an aromatic ring is 1. The van der Waals surface area contributed by atoms with Crippen LogP contribution in [0.5, 0.6) is 5.75 Å². The van der Waals surface area contributed by atoms with Gasteiger partial charge in [-0.15, -0.1) is 0 Å². The van der Waals surface area contributed by atoms with Crippen LogP contribution >= 0.6 is 0 Å². The van der Waals surface area contributed by atoms with Gasteiger partial charge in [0.2, 0.25) is 0 Å². The summed E-state index contributed by atoms with van der Waals surface area (Å²) in [6.07, 6.45) is -0.246. The number of aromatic nitrogens is 1. The SMILES string of the molecule is Nc1ccccc1C(=O)C[C@H](N)C(=O)O.O.O=C(O)c1cc(O)c2ccccc2n1. The van der Waals surface area contributed by atoms with E-state index in [0.717, 1.165) is 6.07 Å². The van der Waals surface area contributed by atoms with Gasteiger partial charge in [-0.2, -0.15) is 0 Å². The number of para-hydroxylation sites is 2. The molecule has 10 nitrogen and oxygen atoms in total. The first-order valence-corrected chi connectivity index (χ1v) is 8.38. The van der Waals surface area contributed by atoms with Gasteiger partial charge in [0, 0.05) is 29.1 Å². The normalized spacial score (nSPS) is 10.8. The van der Waals surface area contributed by atoms with Crippen molar-refractivity contribution in [1.29, 1.82) is 0 Å². The number of carbonyl (C=O) groups is 3. The Bertz CT molecular complexity index is 1070. The lowest BCUT2D eigenvalue weighted by Gasteiger charge is -2.07. The number of benzene rings is 2. The molecule has 30 heavy (non-hydrogen) atoms. The van der Waals surface area contributed by atoms with E-state index in [0.29, 0.717) is 22.2 Å². The molecule has 0 fully saturated rings. The first-order chi connectivity index (χ1) is 13.7. The summed E-state index contributed by atoms with van der Waals surface area (Å²) in [5.41, 5.74) is 11.8. The summed E-state index contributed by atoms with van der Waals surface area (Å²) in [6, 6.07) is 13.3. The number of carbonyl (C=O) groups excluding carboxylic acids is 1. The summed E-state index contributed by atoms with van der Waals surface area (Å²) in [6.45, 7) is 0. The number of aliphatic carboxylic acids is 1. The molecule has 3 rings (SSSR count). The number of hydrogen-bond donors (Lipinski definition) is 5. The third-order valence-corrected chi connectivity index (χ3v) is 3.90. The minimum absolute atomic E-state index is 0. The second kappa shape index (κ2) is 10.5. The van der Waals surface area contributed by atoms with Gasteiger partial charge in [-0.05, 0) is 24.3 Å². The first-order valence-electron chi connectivity index (χ1n) is 8.38. The second-order valence-corrected chi connectivity index (χ2v) is 6.01. The zero-order chi connectivity index (χ0) is 21.6. The van der Waals surface area contributed by atoms with E-state index in [1.54, 1.807) is 48.5 Å². The standard InChI is InChI=1S/C10H12N2O3.C10H7NO3.H2O/c11-7-4-2-1-3-6(7)9(13)5-8(12)10(14)15;12-9-5-8(10(13)14)11-7-4-2-1-3-6(7)9;/h1-4,8H,5,11-12H2,(H,14,15);1-5H,(H,11,12)(H,13,14);1H2/t8-;;/m0../s1. The van der Waals surface area contributed by atoms with Gasteiger partial charge in [0.05, 0.1) is 5.52 Å². The number of nitrogens with zero attached hydrogens (tertiary/aromatic N) is 1. The highest BCUT2D eigenvalue weighted by Gasteiger charge is 2.18. The topological polar surface area (TPSA) is 208 Å². The molecule has 1 aromatic heterocycles. The van der Waals surface area contributed by atoms with E-state index in [-0.39, 0.29) is 29.1 Å². The molecule has 10 heteroatoms. The van der Waals surface area contributed by atoms with Crippen LogP contribution in [0.2, 0.25) is 0 Å². The molecule has 2 aromatic carbocycles. The van der Waals surface area contributed by atoms with E-state index >= 15 is 0 Å². The third kappa shape index (κ3) is 5.99. The molecular formula is C20H21N3O7.